The lowest BCUT2D eigenvalue weighted by atomic mass is 10.1. The van der Waals surface area contributed by atoms with Gasteiger partial charge in [0.25, 0.3) is 12.3 Å². The van der Waals surface area contributed by atoms with Gasteiger partial charge in [0, 0.05) is 6.20 Å². The molecule has 70 valence electrons. The molecule has 5 heteroatoms. The van der Waals surface area contributed by atoms with E-state index in [1.807, 2.05) is 0 Å². The number of primary amides is 1. The number of halogens is 2. The second-order valence-electron chi connectivity index (χ2n) is 2.59. The molecule has 1 aromatic rings. The molecule has 0 aliphatic rings. The molecule has 0 aliphatic heterocycles. The van der Waals surface area contributed by atoms with Gasteiger partial charge in [-0.2, -0.15) is 0 Å². The predicted molar refractivity (Wildman–Crippen MR) is 42.4 cm³/mol. The van der Waals surface area contributed by atoms with Crippen LogP contribution in [0.4, 0.5) is 8.78 Å². The molecule has 0 radical (unpaired) electrons. The first-order chi connectivity index (χ1) is 6.02. The highest BCUT2D eigenvalue weighted by Crippen LogP contribution is 2.18. The summed E-state index contributed by atoms with van der Waals surface area (Å²) in [6, 6.07) is 1.16. The van der Waals surface area contributed by atoms with Crippen molar-refractivity contribution in [2.24, 2.45) is 5.73 Å². The van der Waals surface area contributed by atoms with E-state index in [0.717, 1.165) is 12.3 Å². The van der Waals surface area contributed by atoms with E-state index in [1.54, 1.807) is 0 Å². The van der Waals surface area contributed by atoms with Crippen LogP contribution in [0.5, 0.6) is 0 Å². The van der Waals surface area contributed by atoms with Crippen molar-refractivity contribution in [2.45, 2.75) is 13.3 Å². The summed E-state index contributed by atoms with van der Waals surface area (Å²) in [5.41, 5.74) is 5.21. The Balaban J connectivity index is 3.13. The van der Waals surface area contributed by atoms with E-state index in [-0.39, 0.29) is 11.3 Å². The standard InChI is InChI=1S/C8H8F2N2O/c1-4-2-6(7(9)10)12-3-5(4)8(11)13/h2-3,7H,1H3,(H2,11,13). The number of carbonyl (C=O) groups excluding carboxylic acids is 1. The van der Waals surface area contributed by atoms with Crippen LogP contribution in [0.25, 0.3) is 0 Å². The van der Waals surface area contributed by atoms with Crippen LogP contribution in [0.3, 0.4) is 0 Å². The number of alkyl halides is 2. The summed E-state index contributed by atoms with van der Waals surface area (Å²) >= 11 is 0. The van der Waals surface area contributed by atoms with Crippen LogP contribution in [0.1, 0.15) is 28.0 Å². The summed E-state index contributed by atoms with van der Waals surface area (Å²) in [4.78, 5) is 14.1. The van der Waals surface area contributed by atoms with Crippen LogP contribution in [-0.2, 0) is 0 Å². The van der Waals surface area contributed by atoms with Crippen molar-refractivity contribution >= 4 is 5.91 Å². The predicted octanol–water partition coefficient (Wildman–Crippen LogP) is 1.43. The van der Waals surface area contributed by atoms with E-state index in [1.165, 1.54) is 6.92 Å². The fourth-order valence-corrected chi connectivity index (χ4v) is 0.955. The van der Waals surface area contributed by atoms with Crippen LogP contribution in [0.2, 0.25) is 0 Å². The highest BCUT2D eigenvalue weighted by Gasteiger charge is 2.12. The SMILES string of the molecule is Cc1cc(C(F)F)ncc1C(N)=O. The molecule has 0 aromatic carbocycles. The molecule has 1 aromatic heterocycles. The molecule has 0 unspecified atom stereocenters. The summed E-state index contributed by atoms with van der Waals surface area (Å²) in [5.74, 6) is -0.661. The number of aryl methyl sites for hydroxylation is 1. The zero-order chi connectivity index (χ0) is 10.0. The van der Waals surface area contributed by atoms with Crippen molar-refractivity contribution < 1.29 is 13.6 Å². The molecule has 0 aliphatic carbocycles. The molecule has 0 saturated heterocycles. The minimum Gasteiger partial charge on any atom is -0.366 e. The third-order valence-electron chi connectivity index (χ3n) is 1.62. The Bertz CT molecular complexity index is 339. The molecule has 3 nitrogen and oxygen atoms in total. The summed E-state index contributed by atoms with van der Waals surface area (Å²) in [5, 5.41) is 0. The van der Waals surface area contributed by atoms with Crippen molar-refractivity contribution in [3.05, 3.63) is 29.1 Å². The maximum atomic E-state index is 12.1. The summed E-state index contributed by atoms with van der Waals surface area (Å²) in [6.45, 7) is 1.54. The largest absolute Gasteiger partial charge is 0.366 e. The Hall–Kier alpha value is -1.52. The second-order valence-corrected chi connectivity index (χ2v) is 2.59. The molecule has 13 heavy (non-hydrogen) atoms. The number of hydrogen-bond donors (Lipinski definition) is 1. The normalized spacial score (nSPS) is 10.5. The molecule has 0 bridgehead atoms. The molecule has 0 fully saturated rings. The Labute approximate surface area is 73.6 Å². The molecular weight excluding hydrogens is 178 g/mol. The number of hydrogen-bond acceptors (Lipinski definition) is 2. The van der Waals surface area contributed by atoms with E-state index in [0.29, 0.717) is 5.56 Å². The molecule has 0 saturated carbocycles. The first-order valence-corrected chi connectivity index (χ1v) is 3.57. The molecule has 1 heterocycles. The van der Waals surface area contributed by atoms with Crippen molar-refractivity contribution in [1.82, 2.24) is 4.98 Å². The number of rotatable bonds is 2. The monoisotopic (exact) mass is 186 g/mol. The summed E-state index contributed by atoms with van der Waals surface area (Å²) < 4.78 is 24.2. The van der Waals surface area contributed by atoms with Gasteiger partial charge in [-0.15, -0.1) is 0 Å². The van der Waals surface area contributed by atoms with E-state index < -0.39 is 12.3 Å². The summed E-state index contributed by atoms with van der Waals surface area (Å²) in [7, 11) is 0. The van der Waals surface area contributed by atoms with Gasteiger partial charge in [-0.1, -0.05) is 0 Å². The Kier molecular flexibility index (Phi) is 2.55. The zero-order valence-corrected chi connectivity index (χ0v) is 6.92. The maximum Gasteiger partial charge on any atom is 0.280 e. The summed E-state index contributed by atoms with van der Waals surface area (Å²) in [6.07, 6.45) is -1.56. The number of nitrogens with two attached hydrogens (primary N) is 1. The van der Waals surface area contributed by atoms with Crippen LogP contribution < -0.4 is 5.73 Å². The van der Waals surface area contributed by atoms with Gasteiger partial charge in [0.05, 0.1) is 5.56 Å². The first kappa shape index (κ1) is 9.57. The molecule has 0 spiro atoms. The van der Waals surface area contributed by atoms with E-state index in [2.05, 4.69) is 4.98 Å². The smallest absolute Gasteiger partial charge is 0.280 e. The third-order valence-corrected chi connectivity index (χ3v) is 1.62. The zero-order valence-electron chi connectivity index (χ0n) is 6.92. The van der Waals surface area contributed by atoms with Gasteiger partial charge in [-0.05, 0) is 18.6 Å². The maximum absolute atomic E-state index is 12.1. The van der Waals surface area contributed by atoms with Crippen LogP contribution in [0, 0.1) is 6.92 Å². The first-order valence-electron chi connectivity index (χ1n) is 3.57. The lowest BCUT2D eigenvalue weighted by molar-refractivity contribution is 0.0998. The van der Waals surface area contributed by atoms with Crippen molar-refractivity contribution in [1.29, 1.82) is 0 Å². The van der Waals surface area contributed by atoms with E-state index in [4.69, 9.17) is 5.73 Å². The average Bonchev–Trinajstić information content (AvgIpc) is 2.03. The third kappa shape index (κ3) is 1.99. The minimum absolute atomic E-state index is 0.171. The van der Waals surface area contributed by atoms with Gasteiger partial charge in [-0.25, -0.2) is 8.78 Å². The van der Waals surface area contributed by atoms with Crippen molar-refractivity contribution in [2.75, 3.05) is 0 Å². The van der Waals surface area contributed by atoms with E-state index >= 15 is 0 Å². The molecule has 2 N–H and O–H groups in total. The van der Waals surface area contributed by atoms with Crippen molar-refractivity contribution in [3.63, 3.8) is 0 Å². The van der Waals surface area contributed by atoms with Crippen LogP contribution >= 0.6 is 0 Å². The van der Waals surface area contributed by atoms with Gasteiger partial charge < -0.3 is 5.73 Å². The molecule has 1 amide bonds. The Morgan fingerprint density at radius 2 is 2.23 bits per heavy atom. The van der Waals surface area contributed by atoms with Crippen molar-refractivity contribution in [3.8, 4) is 0 Å². The number of nitrogens with zero attached hydrogens (tertiary/aromatic N) is 1. The van der Waals surface area contributed by atoms with Gasteiger partial charge in [0.2, 0.25) is 0 Å². The number of amides is 1. The number of aromatic nitrogens is 1. The number of carbonyl (C=O) groups is 1. The quantitative estimate of drug-likeness (QED) is 0.759. The van der Waals surface area contributed by atoms with Gasteiger partial charge in [0.15, 0.2) is 0 Å². The van der Waals surface area contributed by atoms with Gasteiger partial charge >= 0.3 is 0 Å². The topological polar surface area (TPSA) is 56.0 Å². The second kappa shape index (κ2) is 3.47. The molecular formula is C8H8F2N2O. The molecule has 0 atom stereocenters. The highest BCUT2D eigenvalue weighted by molar-refractivity contribution is 5.93. The van der Waals surface area contributed by atoms with Crippen LogP contribution in [-0.4, -0.2) is 10.9 Å². The molecule has 1 rings (SSSR count). The minimum atomic E-state index is -2.62. The van der Waals surface area contributed by atoms with Crippen LogP contribution in [0.15, 0.2) is 12.3 Å². The Morgan fingerprint density at radius 3 is 2.62 bits per heavy atom. The fourth-order valence-electron chi connectivity index (χ4n) is 0.955. The Morgan fingerprint density at radius 1 is 1.62 bits per heavy atom. The lowest BCUT2D eigenvalue weighted by Gasteiger charge is -2.03. The number of pyridine rings is 1. The average molecular weight is 186 g/mol. The highest BCUT2D eigenvalue weighted by atomic mass is 19.3. The van der Waals surface area contributed by atoms with E-state index in [9.17, 15) is 13.6 Å². The fraction of sp³-hybridized carbons (Fsp3) is 0.250. The lowest BCUT2D eigenvalue weighted by Crippen LogP contribution is -2.13. The van der Waals surface area contributed by atoms with Gasteiger partial charge in [-0.3, -0.25) is 9.78 Å². The van der Waals surface area contributed by atoms with Gasteiger partial charge in [0.1, 0.15) is 5.69 Å².